The lowest BCUT2D eigenvalue weighted by atomic mass is 9.87. The fourth-order valence-corrected chi connectivity index (χ4v) is 3.22. The van der Waals surface area contributed by atoms with Crippen molar-refractivity contribution in [2.45, 2.75) is 52.5 Å². The van der Waals surface area contributed by atoms with E-state index >= 15 is 0 Å². The summed E-state index contributed by atoms with van der Waals surface area (Å²) >= 11 is 0. The summed E-state index contributed by atoms with van der Waals surface area (Å²) in [6.45, 7) is 11.4. The number of benzene rings is 1. The minimum absolute atomic E-state index is 0. The summed E-state index contributed by atoms with van der Waals surface area (Å²) in [5.74, 6) is 0.857. The van der Waals surface area contributed by atoms with Crippen LogP contribution in [0, 0.1) is 5.92 Å². The summed E-state index contributed by atoms with van der Waals surface area (Å²) in [4.78, 5) is 18.5. The normalized spacial score (nSPS) is 15.9. The van der Waals surface area contributed by atoms with E-state index in [9.17, 15) is 4.79 Å². The number of hydrogen-bond donors (Lipinski definition) is 1. The third-order valence-electron chi connectivity index (χ3n) is 4.90. The minimum atomic E-state index is -0.0611. The van der Waals surface area contributed by atoms with Crippen LogP contribution < -0.4 is 5.32 Å². The molecule has 5 nitrogen and oxygen atoms in total. The highest BCUT2D eigenvalue weighted by molar-refractivity contribution is 14.0. The van der Waals surface area contributed by atoms with Crippen molar-refractivity contribution in [2.75, 3.05) is 26.7 Å². The van der Waals surface area contributed by atoms with E-state index < -0.39 is 0 Å². The van der Waals surface area contributed by atoms with Crippen molar-refractivity contribution in [3.8, 4) is 0 Å². The molecule has 0 saturated carbocycles. The van der Waals surface area contributed by atoms with Crippen LogP contribution in [-0.2, 0) is 21.5 Å². The van der Waals surface area contributed by atoms with Gasteiger partial charge in [0.25, 0.3) is 0 Å². The van der Waals surface area contributed by atoms with E-state index in [0.717, 1.165) is 38.4 Å². The lowest BCUT2D eigenvalue weighted by molar-refractivity contribution is -0.149. The Morgan fingerprint density at radius 1 is 1.22 bits per heavy atom. The summed E-state index contributed by atoms with van der Waals surface area (Å²) in [6.07, 6.45) is 1.64. The van der Waals surface area contributed by atoms with Gasteiger partial charge < -0.3 is 15.0 Å². The van der Waals surface area contributed by atoms with E-state index in [1.807, 2.05) is 14.0 Å². The molecule has 0 spiro atoms. The number of halogens is 1. The maximum atomic E-state index is 11.9. The van der Waals surface area contributed by atoms with Crippen LogP contribution in [0.3, 0.4) is 0 Å². The van der Waals surface area contributed by atoms with Crippen LogP contribution in [0.1, 0.15) is 51.7 Å². The van der Waals surface area contributed by atoms with E-state index in [0.29, 0.717) is 6.61 Å². The van der Waals surface area contributed by atoms with Gasteiger partial charge in [0.2, 0.25) is 0 Å². The number of ether oxygens (including phenoxy) is 1. The van der Waals surface area contributed by atoms with Crippen LogP contribution in [0.2, 0.25) is 0 Å². The summed E-state index contributed by atoms with van der Waals surface area (Å²) in [5, 5.41) is 3.44. The molecule has 1 N–H and O–H groups in total. The minimum Gasteiger partial charge on any atom is -0.466 e. The van der Waals surface area contributed by atoms with Crippen LogP contribution in [0.15, 0.2) is 29.3 Å². The first kappa shape index (κ1) is 23.7. The number of nitrogens with zero attached hydrogens (tertiary/aromatic N) is 2. The zero-order valence-corrected chi connectivity index (χ0v) is 19.6. The van der Waals surface area contributed by atoms with Crippen molar-refractivity contribution >= 4 is 35.9 Å². The zero-order valence-electron chi connectivity index (χ0n) is 17.2. The van der Waals surface area contributed by atoms with E-state index in [4.69, 9.17) is 4.74 Å². The molecule has 0 radical (unpaired) electrons. The Morgan fingerprint density at radius 2 is 1.81 bits per heavy atom. The summed E-state index contributed by atoms with van der Waals surface area (Å²) in [6, 6.07) is 8.75. The van der Waals surface area contributed by atoms with Gasteiger partial charge in [-0.25, -0.2) is 0 Å². The van der Waals surface area contributed by atoms with Crippen LogP contribution in [0.4, 0.5) is 0 Å². The molecule has 1 aliphatic heterocycles. The Kier molecular flexibility index (Phi) is 9.56. The maximum Gasteiger partial charge on any atom is 0.309 e. The molecular weight excluding hydrogens is 453 g/mol. The van der Waals surface area contributed by atoms with Gasteiger partial charge in [0.15, 0.2) is 5.96 Å². The number of carbonyl (C=O) groups excluding carboxylic acids is 1. The van der Waals surface area contributed by atoms with Crippen molar-refractivity contribution in [3.05, 3.63) is 35.4 Å². The number of guanidine groups is 1. The summed E-state index contributed by atoms with van der Waals surface area (Å²) in [7, 11) is 1.81. The highest BCUT2D eigenvalue weighted by Crippen LogP contribution is 2.22. The molecule has 1 saturated heterocycles. The Morgan fingerprint density at radius 3 is 2.30 bits per heavy atom. The highest BCUT2D eigenvalue weighted by Gasteiger charge is 2.27. The lowest BCUT2D eigenvalue weighted by Crippen LogP contribution is -2.46. The predicted octanol–water partition coefficient (Wildman–Crippen LogP) is 3.95. The fraction of sp³-hybridized carbons (Fsp3) is 0.619. The van der Waals surface area contributed by atoms with E-state index in [-0.39, 0.29) is 41.3 Å². The molecule has 27 heavy (non-hydrogen) atoms. The third-order valence-corrected chi connectivity index (χ3v) is 4.90. The first-order valence-electron chi connectivity index (χ1n) is 9.56. The van der Waals surface area contributed by atoms with E-state index in [2.05, 4.69) is 60.2 Å². The number of piperidine rings is 1. The van der Waals surface area contributed by atoms with Gasteiger partial charge >= 0.3 is 5.97 Å². The molecule has 0 atom stereocenters. The molecule has 2 rings (SSSR count). The fourth-order valence-electron chi connectivity index (χ4n) is 3.22. The number of hydrogen-bond acceptors (Lipinski definition) is 3. The van der Waals surface area contributed by atoms with Gasteiger partial charge in [0.1, 0.15) is 0 Å². The highest BCUT2D eigenvalue weighted by atomic mass is 127. The maximum absolute atomic E-state index is 11.9. The molecule has 6 heteroatoms. The molecule has 0 amide bonds. The molecule has 1 aliphatic rings. The van der Waals surface area contributed by atoms with Crippen molar-refractivity contribution in [2.24, 2.45) is 10.9 Å². The van der Waals surface area contributed by atoms with Crippen LogP contribution in [0.25, 0.3) is 0 Å². The molecular formula is C21H34IN3O2. The second-order valence-corrected chi connectivity index (χ2v) is 7.86. The molecule has 0 bridgehead atoms. The average molecular weight is 487 g/mol. The Hall–Kier alpha value is -1.31. The summed E-state index contributed by atoms with van der Waals surface area (Å²) in [5.41, 5.74) is 2.75. The molecule has 1 aromatic rings. The number of rotatable bonds is 4. The summed E-state index contributed by atoms with van der Waals surface area (Å²) < 4.78 is 5.14. The van der Waals surface area contributed by atoms with E-state index in [1.54, 1.807) is 0 Å². The largest absolute Gasteiger partial charge is 0.466 e. The molecule has 0 unspecified atom stereocenters. The first-order chi connectivity index (χ1) is 12.3. The second-order valence-electron chi connectivity index (χ2n) is 7.86. The van der Waals surface area contributed by atoms with Gasteiger partial charge in [0.05, 0.1) is 12.5 Å². The topological polar surface area (TPSA) is 53.9 Å². The Bertz CT molecular complexity index is 615. The van der Waals surface area contributed by atoms with Gasteiger partial charge in [0, 0.05) is 26.7 Å². The van der Waals surface area contributed by atoms with Crippen LogP contribution >= 0.6 is 24.0 Å². The van der Waals surface area contributed by atoms with E-state index in [1.165, 1.54) is 11.1 Å². The number of carbonyl (C=O) groups is 1. The van der Waals surface area contributed by atoms with Crippen molar-refractivity contribution in [1.82, 2.24) is 10.2 Å². The quantitative estimate of drug-likeness (QED) is 0.303. The Balaban J connectivity index is 0.00000364. The van der Waals surface area contributed by atoms with Crippen molar-refractivity contribution in [1.29, 1.82) is 0 Å². The monoisotopic (exact) mass is 487 g/mol. The zero-order chi connectivity index (χ0) is 19.2. The molecule has 1 fully saturated rings. The number of aliphatic imine (C=N–C) groups is 1. The molecule has 0 aromatic heterocycles. The predicted molar refractivity (Wildman–Crippen MR) is 122 cm³/mol. The standard InChI is InChI=1S/C21H33N3O2.HI/c1-6-26-19(25)17-11-13-24(14-12-17)20(22-5)23-15-16-7-9-18(10-8-16)21(2,3)4;/h7-10,17H,6,11-15H2,1-5H3,(H,22,23);1H. The van der Waals surface area contributed by atoms with Crippen LogP contribution in [0.5, 0.6) is 0 Å². The number of esters is 1. The van der Waals surface area contributed by atoms with Crippen LogP contribution in [-0.4, -0.2) is 43.6 Å². The Labute approximate surface area is 181 Å². The van der Waals surface area contributed by atoms with Crippen molar-refractivity contribution in [3.63, 3.8) is 0 Å². The van der Waals surface area contributed by atoms with Gasteiger partial charge in [-0.2, -0.15) is 0 Å². The van der Waals surface area contributed by atoms with Gasteiger partial charge in [-0.3, -0.25) is 9.79 Å². The lowest BCUT2D eigenvalue weighted by Gasteiger charge is -2.33. The van der Waals surface area contributed by atoms with Gasteiger partial charge in [-0.1, -0.05) is 45.0 Å². The molecule has 152 valence electrons. The number of likely N-dealkylation sites (tertiary alicyclic amines) is 1. The molecule has 1 heterocycles. The third kappa shape index (κ3) is 6.97. The average Bonchev–Trinajstić information content (AvgIpc) is 2.62. The van der Waals surface area contributed by atoms with Crippen molar-refractivity contribution < 1.29 is 9.53 Å². The molecule has 0 aliphatic carbocycles. The smallest absolute Gasteiger partial charge is 0.309 e. The SMILES string of the molecule is CCOC(=O)C1CCN(C(=NC)NCc2ccc(C(C)(C)C)cc2)CC1.I. The number of nitrogens with one attached hydrogen (secondary N) is 1. The second kappa shape index (κ2) is 10.9. The molecule has 1 aromatic carbocycles. The first-order valence-corrected chi connectivity index (χ1v) is 9.56. The van der Waals surface area contributed by atoms with Gasteiger partial charge in [-0.15, -0.1) is 24.0 Å². The van der Waals surface area contributed by atoms with Gasteiger partial charge in [-0.05, 0) is 36.3 Å².